The highest BCUT2D eigenvalue weighted by atomic mass is 16.6. The van der Waals surface area contributed by atoms with Crippen molar-refractivity contribution in [3.8, 4) is 5.95 Å². The van der Waals surface area contributed by atoms with E-state index in [4.69, 9.17) is 9.15 Å². The van der Waals surface area contributed by atoms with E-state index in [2.05, 4.69) is 5.10 Å². The van der Waals surface area contributed by atoms with Gasteiger partial charge in [0, 0.05) is 38.7 Å². The van der Waals surface area contributed by atoms with Gasteiger partial charge >= 0.3 is 5.69 Å². The molecule has 0 aliphatic carbocycles. The second-order valence-corrected chi connectivity index (χ2v) is 6.15. The maximum atomic E-state index is 12.7. The molecule has 3 rings (SSSR count). The summed E-state index contributed by atoms with van der Waals surface area (Å²) in [5, 5.41) is 4.39. The van der Waals surface area contributed by atoms with Crippen LogP contribution in [0.15, 0.2) is 21.3 Å². The van der Waals surface area contributed by atoms with Crippen molar-refractivity contribution in [2.45, 2.75) is 39.2 Å². The average Bonchev–Trinajstić information content (AvgIpc) is 3.20. The number of likely N-dealkylation sites (tertiary alicyclic amines) is 1. The zero-order valence-electron chi connectivity index (χ0n) is 14.9. The molecule has 8 nitrogen and oxygen atoms in total. The van der Waals surface area contributed by atoms with E-state index in [0.717, 1.165) is 18.7 Å². The number of carbonyl (C=O) groups is 1. The fourth-order valence-corrected chi connectivity index (χ4v) is 3.31. The first kappa shape index (κ1) is 17.3. The molecule has 1 saturated heterocycles. The summed E-state index contributed by atoms with van der Waals surface area (Å²) in [5.74, 6) is 1.27. The molecule has 1 aliphatic heterocycles. The molecular weight excluding hydrogens is 324 g/mol. The second-order valence-electron chi connectivity index (χ2n) is 6.15. The van der Waals surface area contributed by atoms with Crippen molar-refractivity contribution < 1.29 is 13.9 Å². The molecule has 0 radical (unpaired) electrons. The maximum absolute atomic E-state index is 12.7. The number of aryl methyl sites for hydroxylation is 1. The molecule has 0 spiro atoms. The Morgan fingerprint density at radius 2 is 2.20 bits per heavy atom. The third kappa shape index (κ3) is 3.33. The van der Waals surface area contributed by atoms with Crippen molar-refractivity contribution in [1.82, 2.24) is 19.2 Å². The number of ether oxygens (including phenoxy) is 1. The molecule has 3 heterocycles. The Morgan fingerprint density at radius 1 is 1.40 bits per heavy atom. The zero-order valence-corrected chi connectivity index (χ0v) is 14.9. The van der Waals surface area contributed by atoms with Crippen LogP contribution in [-0.4, -0.2) is 44.9 Å². The highest BCUT2D eigenvalue weighted by molar-refractivity contribution is 5.91. The minimum absolute atomic E-state index is 0.0490. The molecule has 0 aromatic carbocycles. The first-order chi connectivity index (χ1) is 12.0. The molecule has 0 N–H and O–H groups in total. The molecule has 2 aromatic rings. The van der Waals surface area contributed by atoms with Gasteiger partial charge in [-0.3, -0.25) is 9.36 Å². The van der Waals surface area contributed by atoms with Crippen LogP contribution < -0.4 is 10.4 Å². The number of aromatic nitrogens is 3. The third-order valence-electron chi connectivity index (χ3n) is 4.51. The Labute approximate surface area is 146 Å². The Bertz CT molecular complexity index is 804. The molecule has 0 saturated carbocycles. The smallest absolute Gasteiger partial charge is 0.345 e. The van der Waals surface area contributed by atoms with Gasteiger partial charge in [0.1, 0.15) is 5.82 Å². The number of carbonyl (C=O) groups excluding carboxylic acids is 1. The Balaban J connectivity index is 1.77. The standard InChI is InChI=1S/C17H24N4O4/c1-4-21-15(18-19(3)17(21)23)12-7-6-10-20(11-12)16(22)13-8-9-14(25-13)24-5-2/h8-9,12H,4-7,10-11H2,1-3H3. The molecule has 1 atom stereocenters. The number of piperidine rings is 1. The summed E-state index contributed by atoms with van der Waals surface area (Å²) in [6.07, 6.45) is 1.77. The highest BCUT2D eigenvalue weighted by Crippen LogP contribution is 2.27. The lowest BCUT2D eigenvalue weighted by Gasteiger charge is -2.31. The van der Waals surface area contributed by atoms with Gasteiger partial charge in [-0.05, 0) is 32.8 Å². The number of hydrogen-bond donors (Lipinski definition) is 0. The topological polar surface area (TPSA) is 82.5 Å². The van der Waals surface area contributed by atoms with Crippen LogP contribution in [-0.2, 0) is 13.6 Å². The largest absolute Gasteiger partial charge is 0.465 e. The lowest BCUT2D eigenvalue weighted by atomic mass is 9.97. The number of amides is 1. The van der Waals surface area contributed by atoms with Gasteiger partial charge in [0.05, 0.1) is 6.61 Å². The van der Waals surface area contributed by atoms with E-state index in [9.17, 15) is 9.59 Å². The fourth-order valence-electron chi connectivity index (χ4n) is 3.31. The van der Waals surface area contributed by atoms with Crippen molar-refractivity contribution in [2.75, 3.05) is 19.7 Å². The van der Waals surface area contributed by atoms with Gasteiger partial charge in [-0.2, -0.15) is 5.10 Å². The van der Waals surface area contributed by atoms with Crippen LogP contribution in [0.2, 0.25) is 0 Å². The van der Waals surface area contributed by atoms with Crippen molar-refractivity contribution in [3.63, 3.8) is 0 Å². The lowest BCUT2D eigenvalue weighted by molar-refractivity contribution is 0.0663. The van der Waals surface area contributed by atoms with Crippen LogP contribution in [0.4, 0.5) is 0 Å². The van der Waals surface area contributed by atoms with Crippen LogP contribution in [0.5, 0.6) is 5.95 Å². The number of furan rings is 1. The summed E-state index contributed by atoms with van der Waals surface area (Å²) in [7, 11) is 1.65. The molecule has 1 fully saturated rings. The molecule has 25 heavy (non-hydrogen) atoms. The van der Waals surface area contributed by atoms with E-state index in [-0.39, 0.29) is 23.3 Å². The summed E-state index contributed by atoms with van der Waals surface area (Å²) in [4.78, 5) is 26.6. The second kappa shape index (κ2) is 7.16. The van der Waals surface area contributed by atoms with Gasteiger partial charge < -0.3 is 14.1 Å². The van der Waals surface area contributed by atoms with Crippen molar-refractivity contribution >= 4 is 5.91 Å². The van der Waals surface area contributed by atoms with Crippen LogP contribution in [0, 0.1) is 0 Å². The summed E-state index contributed by atoms with van der Waals surface area (Å²) in [6.45, 7) is 6.04. The van der Waals surface area contributed by atoms with E-state index >= 15 is 0 Å². The molecule has 0 bridgehead atoms. The molecule has 8 heteroatoms. The number of hydrogen-bond acceptors (Lipinski definition) is 5. The summed E-state index contributed by atoms with van der Waals surface area (Å²) < 4.78 is 13.8. The minimum atomic E-state index is -0.156. The van der Waals surface area contributed by atoms with Gasteiger partial charge in [-0.15, -0.1) is 0 Å². The summed E-state index contributed by atoms with van der Waals surface area (Å²) >= 11 is 0. The van der Waals surface area contributed by atoms with Crippen LogP contribution in [0.1, 0.15) is 49.0 Å². The minimum Gasteiger partial charge on any atom is -0.465 e. The lowest BCUT2D eigenvalue weighted by Crippen LogP contribution is -2.40. The van der Waals surface area contributed by atoms with E-state index in [0.29, 0.717) is 32.2 Å². The molecule has 1 unspecified atom stereocenters. The van der Waals surface area contributed by atoms with Gasteiger partial charge in [0.2, 0.25) is 0 Å². The van der Waals surface area contributed by atoms with Gasteiger partial charge in [0.15, 0.2) is 5.76 Å². The molecule has 1 aliphatic rings. The molecule has 136 valence electrons. The normalized spacial score (nSPS) is 17.7. The Morgan fingerprint density at radius 3 is 2.92 bits per heavy atom. The number of nitrogens with zero attached hydrogens (tertiary/aromatic N) is 4. The molecule has 1 amide bonds. The van der Waals surface area contributed by atoms with E-state index in [1.165, 1.54) is 4.68 Å². The van der Waals surface area contributed by atoms with Crippen molar-refractivity contribution in [1.29, 1.82) is 0 Å². The first-order valence-electron chi connectivity index (χ1n) is 8.70. The molecule has 2 aromatic heterocycles. The van der Waals surface area contributed by atoms with Gasteiger partial charge in [0.25, 0.3) is 11.9 Å². The maximum Gasteiger partial charge on any atom is 0.345 e. The monoisotopic (exact) mass is 348 g/mol. The SMILES string of the molecule is CCOc1ccc(C(=O)N2CCCC(c3nn(C)c(=O)n3CC)C2)o1. The van der Waals surface area contributed by atoms with E-state index < -0.39 is 0 Å². The average molecular weight is 348 g/mol. The number of rotatable bonds is 5. The summed E-state index contributed by atoms with van der Waals surface area (Å²) in [6, 6.07) is 3.30. The predicted molar refractivity (Wildman–Crippen MR) is 90.9 cm³/mol. The van der Waals surface area contributed by atoms with Crippen molar-refractivity contribution in [3.05, 3.63) is 34.2 Å². The highest BCUT2D eigenvalue weighted by Gasteiger charge is 2.30. The van der Waals surface area contributed by atoms with Gasteiger partial charge in [-0.1, -0.05) is 0 Å². The quantitative estimate of drug-likeness (QED) is 0.820. The summed E-state index contributed by atoms with van der Waals surface area (Å²) in [5.41, 5.74) is -0.117. The fraction of sp³-hybridized carbons (Fsp3) is 0.588. The third-order valence-corrected chi connectivity index (χ3v) is 4.51. The Kier molecular flexibility index (Phi) is 4.96. The van der Waals surface area contributed by atoms with Crippen molar-refractivity contribution in [2.24, 2.45) is 7.05 Å². The predicted octanol–water partition coefficient (Wildman–Crippen LogP) is 1.61. The molecular formula is C17H24N4O4. The van der Waals surface area contributed by atoms with E-state index in [1.807, 2.05) is 13.8 Å². The zero-order chi connectivity index (χ0) is 18.0. The van der Waals surface area contributed by atoms with Crippen LogP contribution in [0.3, 0.4) is 0 Å². The first-order valence-corrected chi connectivity index (χ1v) is 8.70. The van der Waals surface area contributed by atoms with Crippen LogP contribution in [0.25, 0.3) is 0 Å². The van der Waals surface area contributed by atoms with E-state index in [1.54, 1.807) is 28.6 Å². The van der Waals surface area contributed by atoms with Gasteiger partial charge in [-0.25, -0.2) is 9.48 Å². The van der Waals surface area contributed by atoms with Crippen LogP contribution >= 0.6 is 0 Å². The Hall–Kier alpha value is -2.51.